The molecule has 0 aliphatic heterocycles. The van der Waals surface area contributed by atoms with E-state index in [4.69, 9.17) is 11.0 Å². The molecule has 1 rings (SSSR count). The Labute approximate surface area is 90.1 Å². The number of rotatable bonds is 1. The van der Waals surface area contributed by atoms with Crippen LogP contribution in [-0.2, 0) is 5.54 Å². The minimum Gasteiger partial charge on any atom is -0.383 e. The van der Waals surface area contributed by atoms with Crippen LogP contribution < -0.4 is 10.6 Å². The molecule has 1 aromatic rings. The van der Waals surface area contributed by atoms with Gasteiger partial charge < -0.3 is 10.6 Å². The number of nitrogen functional groups attached to an aromatic ring is 1. The number of nitrogens with two attached hydrogens (primary N) is 1. The fourth-order valence-corrected chi connectivity index (χ4v) is 1.35. The van der Waals surface area contributed by atoms with Gasteiger partial charge in [-0.05, 0) is 20.8 Å². The van der Waals surface area contributed by atoms with Crippen LogP contribution >= 0.6 is 0 Å². The molecule has 0 atom stereocenters. The van der Waals surface area contributed by atoms with E-state index in [1.165, 1.54) is 0 Å². The maximum absolute atomic E-state index is 9.02. The fourth-order valence-electron chi connectivity index (χ4n) is 1.35. The van der Waals surface area contributed by atoms with Crippen molar-refractivity contribution >= 4 is 11.6 Å². The fraction of sp³-hybridized carbons (Fsp3) is 0.600. The van der Waals surface area contributed by atoms with Crippen LogP contribution in [0, 0.1) is 11.3 Å². The highest BCUT2D eigenvalue weighted by atomic mass is 15.4. The maximum atomic E-state index is 9.02. The third kappa shape index (κ3) is 1.89. The highest BCUT2D eigenvalue weighted by Gasteiger charge is 2.23. The second kappa shape index (κ2) is 3.46. The number of aromatic nitrogens is 2. The lowest BCUT2D eigenvalue weighted by molar-refractivity contribution is 0.362. The van der Waals surface area contributed by atoms with Crippen molar-refractivity contribution in [1.29, 1.82) is 5.26 Å². The van der Waals surface area contributed by atoms with Gasteiger partial charge in [-0.15, -0.1) is 0 Å². The third-order valence-electron chi connectivity index (χ3n) is 2.07. The second-order valence-electron chi connectivity index (χ2n) is 4.67. The smallest absolute Gasteiger partial charge is 0.170 e. The van der Waals surface area contributed by atoms with Crippen LogP contribution in [0.3, 0.4) is 0 Å². The average Bonchev–Trinajstić information content (AvgIpc) is 2.41. The van der Waals surface area contributed by atoms with Crippen molar-refractivity contribution in [3.8, 4) is 6.07 Å². The Kier molecular flexibility index (Phi) is 2.63. The quantitative estimate of drug-likeness (QED) is 0.750. The maximum Gasteiger partial charge on any atom is 0.170 e. The number of nitrogens with zero attached hydrogens (tertiary/aromatic N) is 4. The molecule has 5 heteroatoms. The van der Waals surface area contributed by atoms with Gasteiger partial charge in [0, 0.05) is 14.1 Å². The van der Waals surface area contributed by atoms with Gasteiger partial charge in [-0.25, -0.2) is 4.68 Å². The van der Waals surface area contributed by atoms with E-state index in [0.717, 1.165) is 0 Å². The van der Waals surface area contributed by atoms with Gasteiger partial charge >= 0.3 is 0 Å². The summed E-state index contributed by atoms with van der Waals surface area (Å²) in [5, 5.41) is 13.4. The molecule has 0 saturated heterocycles. The Morgan fingerprint density at radius 1 is 1.40 bits per heavy atom. The molecule has 15 heavy (non-hydrogen) atoms. The van der Waals surface area contributed by atoms with Crippen molar-refractivity contribution in [3.05, 3.63) is 5.56 Å². The Morgan fingerprint density at radius 2 is 1.93 bits per heavy atom. The van der Waals surface area contributed by atoms with Crippen LogP contribution in [0.5, 0.6) is 0 Å². The highest BCUT2D eigenvalue weighted by molar-refractivity contribution is 5.64. The van der Waals surface area contributed by atoms with E-state index in [-0.39, 0.29) is 5.54 Å². The summed E-state index contributed by atoms with van der Waals surface area (Å²) < 4.78 is 1.68. The first-order valence-corrected chi connectivity index (χ1v) is 4.75. The number of nitriles is 1. The minimum absolute atomic E-state index is 0.218. The summed E-state index contributed by atoms with van der Waals surface area (Å²) in [6.07, 6.45) is 0. The van der Waals surface area contributed by atoms with Crippen LogP contribution in [0.2, 0.25) is 0 Å². The lowest BCUT2D eigenvalue weighted by Crippen LogP contribution is -2.25. The first-order valence-electron chi connectivity index (χ1n) is 4.75. The zero-order chi connectivity index (χ0) is 11.8. The number of hydrogen-bond donors (Lipinski definition) is 1. The molecule has 0 saturated carbocycles. The second-order valence-corrected chi connectivity index (χ2v) is 4.67. The highest BCUT2D eigenvalue weighted by Crippen LogP contribution is 2.27. The topological polar surface area (TPSA) is 70.9 Å². The Morgan fingerprint density at radius 3 is 2.20 bits per heavy atom. The van der Waals surface area contributed by atoms with Gasteiger partial charge in [-0.2, -0.15) is 10.4 Å². The molecule has 0 aliphatic carbocycles. The van der Waals surface area contributed by atoms with E-state index in [0.29, 0.717) is 17.2 Å². The summed E-state index contributed by atoms with van der Waals surface area (Å²) in [6, 6.07) is 2.09. The summed E-state index contributed by atoms with van der Waals surface area (Å²) >= 11 is 0. The first kappa shape index (κ1) is 11.4. The summed E-state index contributed by atoms with van der Waals surface area (Å²) in [6.45, 7) is 5.99. The SMILES string of the molecule is CN(C)c1nn(C(C)(C)C)c(N)c1C#N. The monoisotopic (exact) mass is 207 g/mol. The Hall–Kier alpha value is -1.70. The van der Waals surface area contributed by atoms with Gasteiger partial charge in [0.05, 0.1) is 5.54 Å². The van der Waals surface area contributed by atoms with Crippen molar-refractivity contribution in [2.24, 2.45) is 0 Å². The lowest BCUT2D eigenvalue weighted by Gasteiger charge is -2.20. The first-order chi connectivity index (χ1) is 6.79. The molecule has 2 N–H and O–H groups in total. The summed E-state index contributed by atoms with van der Waals surface area (Å²) in [5.41, 5.74) is 6.11. The Balaban J connectivity index is 3.43. The molecule has 82 valence electrons. The molecule has 0 spiro atoms. The van der Waals surface area contributed by atoms with Gasteiger partial charge in [0.25, 0.3) is 0 Å². The molecule has 0 fully saturated rings. The normalized spacial score (nSPS) is 11.2. The van der Waals surface area contributed by atoms with Crippen LogP contribution in [0.25, 0.3) is 0 Å². The van der Waals surface area contributed by atoms with Gasteiger partial charge in [0.1, 0.15) is 17.5 Å². The standard InChI is InChI=1S/C10H17N5/c1-10(2,3)15-8(12)7(6-11)9(13-15)14(4)5/h12H2,1-5H3. The van der Waals surface area contributed by atoms with Crippen LogP contribution in [-0.4, -0.2) is 23.9 Å². The van der Waals surface area contributed by atoms with E-state index < -0.39 is 0 Å². The molecule has 0 unspecified atom stereocenters. The molecule has 0 radical (unpaired) electrons. The Bertz CT molecular complexity index is 403. The zero-order valence-electron chi connectivity index (χ0n) is 9.87. The molecule has 1 heterocycles. The number of hydrogen-bond acceptors (Lipinski definition) is 4. The molecule has 0 bridgehead atoms. The largest absolute Gasteiger partial charge is 0.383 e. The predicted molar refractivity (Wildman–Crippen MR) is 60.7 cm³/mol. The van der Waals surface area contributed by atoms with Crippen molar-refractivity contribution in [2.75, 3.05) is 24.7 Å². The zero-order valence-corrected chi connectivity index (χ0v) is 9.87. The van der Waals surface area contributed by atoms with E-state index >= 15 is 0 Å². The average molecular weight is 207 g/mol. The lowest BCUT2D eigenvalue weighted by atomic mass is 10.1. The van der Waals surface area contributed by atoms with Crippen LogP contribution in [0.4, 0.5) is 11.6 Å². The van der Waals surface area contributed by atoms with E-state index in [2.05, 4.69) is 11.2 Å². The summed E-state index contributed by atoms with van der Waals surface area (Å²) in [5.74, 6) is 1.04. The third-order valence-corrected chi connectivity index (χ3v) is 2.07. The van der Waals surface area contributed by atoms with Gasteiger partial charge in [-0.1, -0.05) is 0 Å². The molecule has 0 aromatic carbocycles. The predicted octanol–water partition coefficient (Wildman–Crippen LogP) is 1.16. The minimum atomic E-state index is -0.218. The van der Waals surface area contributed by atoms with Crippen molar-refractivity contribution in [1.82, 2.24) is 9.78 Å². The van der Waals surface area contributed by atoms with Crippen molar-refractivity contribution < 1.29 is 0 Å². The van der Waals surface area contributed by atoms with Gasteiger partial charge in [-0.3, -0.25) is 0 Å². The molecular formula is C10H17N5. The molecule has 1 aromatic heterocycles. The summed E-state index contributed by atoms with van der Waals surface area (Å²) in [4.78, 5) is 1.79. The van der Waals surface area contributed by atoms with Crippen molar-refractivity contribution in [3.63, 3.8) is 0 Å². The van der Waals surface area contributed by atoms with Gasteiger partial charge in [0.2, 0.25) is 0 Å². The number of anilines is 2. The van der Waals surface area contributed by atoms with E-state index in [1.54, 1.807) is 9.58 Å². The summed E-state index contributed by atoms with van der Waals surface area (Å²) in [7, 11) is 3.69. The van der Waals surface area contributed by atoms with Crippen molar-refractivity contribution in [2.45, 2.75) is 26.3 Å². The van der Waals surface area contributed by atoms with Crippen LogP contribution in [0.1, 0.15) is 26.3 Å². The van der Waals surface area contributed by atoms with E-state index in [9.17, 15) is 0 Å². The molecule has 0 amide bonds. The van der Waals surface area contributed by atoms with Crippen LogP contribution in [0.15, 0.2) is 0 Å². The molecule has 0 aliphatic rings. The molecule has 5 nitrogen and oxygen atoms in total. The van der Waals surface area contributed by atoms with Gasteiger partial charge in [0.15, 0.2) is 5.82 Å². The molecular weight excluding hydrogens is 190 g/mol. The van der Waals surface area contributed by atoms with E-state index in [1.807, 2.05) is 34.9 Å².